The van der Waals surface area contributed by atoms with Crippen molar-refractivity contribution in [2.24, 2.45) is 0 Å². The monoisotopic (exact) mass is 332 g/mol. The van der Waals surface area contributed by atoms with E-state index in [1.165, 1.54) is 42.7 Å². The van der Waals surface area contributed by atoms with E-state index in [0.29, 0.717) is 0 Å². The summed E-state index contributed by atoms with van der Waals surface area (Å²) in [5.74, 6) is 0. The molecule has 0 amide bonds. The smallest absolute Gasteiger partial charge is 0.0803 e. The van der Waals surface area contributed by atoms with Crippen molar-refractivity contribution in [1.29, 1.82) is 0 Å². The van der Waals surface area contributed by atoms with Gasteiger partial charge >= 0.3 is 0 Å². The van der Waals surface area contributed by atoms with Gasteiger partial charge in [0.05, 0.1) is 32.2 Å². The van der Waals surface area contributed by atoms with Crippen LogP contribution in [-0.4, -0.2) is 40.6 Å². The summed E-state index contributed by atoms with van der Waals surface area (Å²) >= 11 is 11.8. The van der Waals surface area contributed by atoms with E-state index in [1.54, 1.807) is 0 Å². The van der Waals surface area contributed by atoms with Gasteiger partial charge in [0.2, 0.25) is 0 Å². The number of nitrogens with zero attached hydrogens (tertiary/aromatic N) is 2. The summed E-state index contributed by atoms with van der Waals surface area (Å²) in [6.45, 7) is 12.4. The maximum absolute atomic E-state index is 5.90. The van der Waals surface area contributed by atoms with Gasteiger partial charge < -0.3 is 16.9 Å². The van der Waals surface area contributed by atoms with Gasteiger partial charge in [-0.3, -0.25) is 0 Å². The molecule has 2 nitrogen and oxygen atoms in total. The molecule has 0 aromatic heterocycles. The molecule has 0 heterocycles. The van der Waals surface area contributed by atoms with Gasteiger partial charge in [-0.15, -0.1) is 3.94 Å². The van der Waals surface area contributed by atoms with E-state index in [0.717, 1.165) is 17.4 Å². The lowest BCUT2D eigenvalue weighted by molar-refractivity contribution is -0.910. The highest BCUT2D eigenvalue weighted by Gasteiger charge is 2.29. The molecule has 0 unspecified atom stereocenters. The highest BCUT2D eigenvalue weighted by atomic mass is 35.5. The SMILES string of the molecule is CCCC[N+](C)(CCCC)CCC(C)(C)N(Cl)Cl.[Cl-]. The Labute approximate surface area is 136 Å². The third-order valence-corrected chi connectivity index (χ3v) is 4.74. The van der Waals surface area contributed by atoms with Crippen molar-refractivity contribution in [3.63, 3.8) is 0 Å². The quantitative estimate of drug-likeness (QED) is 0.435. The van der Waals surface area contributed by atoms with Crippen LogP contribution in [0.15, 0.2) is 0 Å². The van der Waals surface area contributed by atoms with Crippen molar-refractivity contribution < 1.29 is 16.9 Å². The van der Waals surface area contributed by atoms with Crippen LogP contribution in [0.2, 0.25) is 0 Å². The fraction of sp³-hybridized carbons (Fsp3) is 1.00. The Morgan fingerprint density at radius 1 is 0.947 bits per heavy atom. The van der Waals surface area contributed by atoms with Crippen LogP contribution in [0, 0.1) is 0 Å². The fourth-order valence-corrected chi connectivity index (χ4v) is 2.21. The summed E-state index contributed by atoms with van der Waals surface area (Å²) in [4.78, 5) is 0. The van der Waals surface area contributed by atoms with E-state index >= 15 is 0 Å². The second-order valence-corrected chi connectivity index (χ2v) is 7.14. The minimum Gasteiger partial charge on any atom is -1.00 e. The lowest BCUT2D eigenvalue weighted by Crippen LogP contribution is -3.00. The molecule has 5 heteroatoms. The van der Waals surface area contributed by atoms with Crippen LogP contribution in [0.3, 0.4) is 0 Å². The molecule has 0 radical (unpaired) electrons. The molecule has 19 heavy (non-hydrogen) atoms. The van der Waals surface area contributed by atoms with Crippen LogP contribution < -0.4 is 12.4 Å². The van der Waals surface area contributed by atoms with Crippen molar-refractivity contribution in [3.05, 3.63) is 0 Å². The average molecular weight is 334 g/mol. The molecule has 0 fully saturated rings. The molecule has 0 aliphatic carbocycles. The van der Waals surface area contributed by atoms with Gasteiger partial charge in [0, 0.05) is 6.42 Å². The Hall–Kier alpha value is 0.790. The van der Waals surface area contributed by atoms with Crippen molar-refractivity contribution in [2.75, 3.05) is 26.7 Å². The molecule has 0 aromatic rings. The first-order valence-electron chi connectivity index (χ1n) is 7.23. The van der Waals surface area contributed by atoms with E-state index in [2.05, 4.69) is 34.7 Å². The summed E-state index contributed by atoms with van der Waals surface area (Å²) in [5, 5.41) is 0. The number of unbranched alkanes of at least 4 members (excludes halogenated alkanes) is 2. The highest BCUT2D eigenvalue weighted by Crippen LogP contribution is 2.25. The molecule has 0 spiro atoms. The second-order valence-electron chi connectivity index (χ2n) is 6.29. The van der Waals surface area contributed by atoms with E-state index in [1.807, 2.05) is 0 Å². The average Bonchev–Trinajstić information content (AvgIpc) is 2.32. The Bertz CT molecular complexity index is 213. The van der Waals surface area contributed by atoms with Crippen LogP contribution in [0.5, 0.6) is 0 Å². The number of quaternary nitrogens is 1. The standard InChI is InChI=1S/C14H31Cl2N2.ClH/c1-6-8-11-18(5,12-9-7-2)13-10-14(3,4)17(15)16;/h6-13H2,1-5H3;1H/q+1;/p-1. The first-order valence-corrected chi connectivity index (χ1v) is 7.90. The van der Waals surface area contributed by atoms with Crippen LogP contribution >= 0.6 is 23.6 Å². The number of hydrogen-bond donors (Lipinski definition) is 0. The number of hydrogen-bond acceptors (Lipinski definition) is 1. The molecule has 0 aliphatic heterocycles. The lowest BCUT2D eigenvalue weighted by atomic mass is 10.0. The van der Waals surface area contributed by atoms with Gasteiger partial charge in [-0.25, -0.2) is 0 Å². The van der Waals surface area contributed by atoms with Crippen LogP contribution in [-0.2, 0) is 0 Å². The zero-order valence-electron chi connectivity index (χ0n) is 13.2. The predicted molar refractivity (Wildman–Crippen MR) is 82.8 cm³/mol. The Morgan fingerprint density at radius 2 is 1.37 bits per heavy atom. The van der Waals surface area contributed by atoms with Gasteiger partial charge in [0.15, 0.2) is 0 Å². The topological polar surface area (TPSA) is 3.24 Å². The summed E-state index contributed by atoms with van der Waals surface area (Å²) < 4.78 is 2.45. The van der Waals surface area contributed by atoms with E-state index < -0.39 is 0 Å². The normalized spacial score (nSPS) is 12.6. The summed E-state index contributed by atoms with van der Waals surface area (Å²) in [6.07, 6.45) is 6.14. The molecule has 0 aliphatic rings. The zero-order chi connectivity index (χ0) is 14.2. The molecule has 0 atom stereocenters. The van der Waals surface area contributed by atoms with Gasteiger partial charge in [-0.05, 0) is 50.2 Å². The van der Waals surface area contributed by atoms with Crippen molar-refractivity contribution in [2.45, 2.75) is 65.3 Å². The minimum atomic E-state index is -0.152. The van der Waals surface area contributed by atoms with Crippen molar-refractivity contribution in [3.8, 4) is 0 Å². The van der Waals surface area contributed by atoms with E-state index in [4.69, 9.17) is 23.6 Å². The molecule has 0 aromatic carbocycles. The van der Waals surface area contributed by atoms with Gasteiger partial charge in [0.1, 0.15) is 0 Å². The van der Waals surface area contributed by atoms with Gasteiger partial charge in [-0.1, -0.05) is 26.7 Å². The van der Waals surface area contributed by atoms with Crippen LogP contribution in [0.25, 0.3) is 0 Å². The number of halogens is 3. The molecule has 0 saturated heterocycles. The molecule has 0 bridgehead atoms. The minimum absolute atomic E-state index is 0. The van der Waals surface area contributed by atoms with Gasteiger partial charge in [-0.2, -0.15) is 0 Å². The summed E-state index contributed by atoms with van der Waals surface area (Å²) in [6, 6.07) is 0. The van der Waals surface area contributed by atoms with E-state index in [9.17, 15) is 0 Å². The third-order valence-electron chi connectivity index (χ3n) is 3.82. The maximum atomic E-state index is 5.90. The van der Waals surface area contributed by atoms with Crippen molar-refractivity contribution >= 4 is 23.6 Å². The largest absolute Gasteiger partial charge is 1.00 e. The number of rotatable bonds is 10. The molecule has 0 saturated carbocycles. The summed E-state index contributed by atoms with van der Waals surface area (Å²) in [7, 11) is 2.37. The van der Waals surface area contributed by atoms with Crippen LogP contribution in [0.1, 0.15) is 59.8 Å². The Morgan fingerprint density at radius 3 is 1.68 bits per heavy atom. The second kappa shape index (κ2) is 10.5. The van der Waals surface area contributed by atoms with Gasteiger partial charge in [0.25, 0.3) is 0 Å². The maximum Gasteiger partial charge on any atom is 0.0803 e. The van der Waals surface area contributed by atoms with E-state index in [-0.39, 0.29) is 17.9 Å². The Kier molecular flexibility index (Phi) is 12.2. The molecular formula is C14H31Cl3N2. The first kappa shape index (κ1) is 22.1. The van der Waals surface area contributed by atoms with Crippen LogP contribution in [0.4, 0.5) is 0 Å². The lowest BCUT2D eigenvalue weighted by Gasteiger charge is -2.38. The molecule has 118 valence electrons. The highest BCUT2D eigenvalue weighted by molar-refractivity contribution is 6.34. The zero-order valence-corrected chi connectivity index (χ0v) is 15.5. The Balaban J connectivity index is 0. The molecule has 0 N–H and O–H groups in total. The fourth-order valence-electron chi connectivity index (χ4n) is 2.04. The summed E-state index contributed by atoms with van der Waals surface area (Å²) in [5.41, 5.74) is -0.152. The first-order chi connectivity index (χ1) is 8.27. The molecule has 0 rings (SSSR count). The van der Waals surface area contributed by atoms with Crippen molar-refractivity contribution in [1.82, 2.24) is 3.94 Å². The predicted octanol–water partition coefficient (Wildman–Crippen LogP) is 1.82. The molecular weight excluding hydrogens is 303 g/mol. The third kappa shape index (κ3) is 9.36.